The fourth-order valence-corrected chi connectivity index (χ4v) is 2.96. The van der Waals surface area contributed by atoms with Crippen LogP contribution in [0.1, 0.15) is 23.7 Å². The lowest BCUT2D eigenvalue weighted by molar-refractivity contribution is 0.579. The molecule has 1 heterocycles. The van der Waals surface area contributed by atoms with Crippen LogP contribution in [0.4, 0.5) is 0 Å². The zero-order valence-electron chi connectivity index (χ0n) is 10.7. The highest BCUT2D eigenvalue weighted by molar-refractivity contribution is 7.89. The van der Waals surface area contributed by atoms with Gasteiger partial charge in [-0.15, -0.1) is 0 Å². The van der Waals surface area contributed by atoms with Gasteiger partial charge in [0.15, 0.2) is 0 Å². The predicted octanol–water partition coefficient (Wildman–Crippen LogP) is 2.30. The van der Waals surface area contributed by atoms with Crippen molar-refractivity contribution >= 4 is 10.0 Å². The summed E-state index contributed by atoms with van der Waals surface area (Å²) in [5.74, 6) is 0. The molecule has 96 valence electrons. The molecule has 5 heteroatoms. The topological polar surface area (TPSA) is 52.0 Å². The Morgan fingerprint density at radius 1 is 1.17 bits per heavy atom. The number of nitrogens with zero attached hydrogens (tertiary/aromatic N) is 2. The third-order valence-electron chi connectivity index (χ3n) is 2.88. The van der Waals surface area contributed by atoms with Crippen molar-refractivity contribution in [2.45, 2.75) is 32.1 Å². The monoisotopic (exact) mass is 264 g/mol. The van der Waals surface area contributed by atoms with Crippen LogP contribution >= 0.6 is 0 Å². The highest BCUT2D eigenvalue weighted by Gasteiger charge is 2.18. The Labute approximate surface area is 107 Å². The molecule has 0 N–H and O–H groups in total. The van der Waals surface area contributed by atoms with E-state index in [0.717, 1.165) is 27.3 Å². The molecule has 0 fully saturated rings. The maximum Gasteiger partial charge on any atom is 0.282 e. The fraction of sp³-hybridized carbons (Fsp3) is 0.308. The van der Waals surface area contributed by atoms with E-state index in [9.17, 15) is 8.42 Å². The summed E-state index contributed by atoms with van der Waals surface area (Å²) in [6.07, 6.45) is 2.29. The lowest BCUT2D eigenvalue weighted by Crippen LogP contribution is -2.13. The lowest BCUT2D eigenvalue weighted by Gasteiger charge is -2.04. The second-order valence-electron chi connectivity index (χ2n) is 4.30. The van der Waals surface area contributed by atoms with Gasteiger partial charge in [0.05, 0.1) is 10.6 Å². The number of hydrogen-bond acceptors (Lipinski definition) is 3. The van der Waals surface area contributed by atoms with Crippen LogP contribution in [0.3, 0.4) is 0 Å². The lowest BCUT2D eigenvalue weighted by atomic mass is 10.2. The van der Waals surface area contributed by atoms with Gasteiger partial charge in [-0.25, -0.2) is 0 Å². The van der Waals surface area contributed by atoms with E-state index in [1.165, 1.54) is 0 Å². The molecular weight excluding hydrogens is 248 g/mol. The predicted molar refractivity (Wildman–Crippen MR) is 70.1 cm³/mol. The van der Waals surface area contributed by atoms with Crippen molar-refractivity contribution in [3.8, 4) is 0 Å². The van der Waals surface area contributed by atoms with E-state index >= 15 is 0 Å². The van der Waals surface area contributed by atoms with Gasteiger partial charge in [0, 0.05) is 6.20 Å². The Morgan fingerprint density at radius 2 is 1.78 bits per heavy atom. The molecule has 0 unspecified atom stereocenters. The summed E-state index contributed by atoms with van der Waals surface area (Å²) in [6.45, 7) is 5.74. The van der Waals surface area contributed by atoms with Crippen molar-refractivity contribution in [3.05, 3.63) is 47.3 Å². The molecular formula is C13H16N2O2S. The molecule has 0 aliphatic rings. The normalized spacial score (nSPS) is 11.7. The van der Waals surface area contributed by atoms with Gasteiger partial charge in [-0.1, -0.05) is 24.6 Å². The summed E-state index contributed by atoms with van der Waals surface area (Å²) in [7, 11) is -3.56. The van der Waals surface area contributed by atoms with Crippen LogP contribution in [-0.2, 0) is 16.4 Å². The van der Waals surface area contributed by atoms with Crippen molar-refractivity contribution < 1.29 is 8.42 Å². The average Bonchev–Trinajstić information content (AvgIpc) is 2.72. The van der Waals surface area contributed by atoms with E-state index in [2.05, 4.69) is 5.10 Å². The van der Waals surface area contributed by atoms with E-state index in [-0.39, 0.29) is 4.90 Å². The van der Waals surface area contributed by atoms with Gasteiger partial charge in [-0.3, -0.25) is 0 Å². The van der Waals surface area contributed by atoms with Gasteiger partial charge < -0.3 is 0 Å². The fourth-order valence-electron chi connectivity index (χ4n) is 1.76. The minimum atomic E-state index is -3.56. The molecule has 1 aromatic carbocycles. The van der Waals surface area contributed by atoms with Gasteiger partial charge in [-0.2, -0.15) is 17.6 Å². The molecule has 4 nitrogen and oxygen atoms in total. The summed E-state index contributed by atoms with van der Waals surface area (Å²) in [5.41, 5.74) is 2.73. The maximum atomic E-state index is 12.3. The van der Waals surface area contributed by atoms with Gasteiger partial charge in [0.2, 0.25) is 0 Å². The van der Waals surface area contributed by atoms with Crippen LogP contribution in [0.15, 0.2) is 35.4 Å². The van der Waals surface area contributed by atoms with Gasteiger partial charge in [-0.05, 0) is 38.0 Å². The average molecular weight is 264 g/mol. The molecule has 1 aromatic heterocycles. The molecule has 0 aliphatic carbocycles. The standard InChI is InChI=1S/C13H16N2O2S/c1-4-13-11(3)9-15(14-13)18(16,17)12-7-5-10(2)6-8-12/h5-9H,4H2,1-3H3. The molecule has 2 rings (SSSR count). The first kappa shape index (κ1) is 12.8. The number of benzene rings is 1. The molecule has 0 bridgehead atoms. The molecule has 18 heavy (non-hydrogen) atoms. The summed E-state index contributed by atoms with van der Waals surface area (Å²) in [4.78, 5) is 0.262. The quantitative estimate of drug-likeness (QED) is 0.854. The Hall–Kier alpha value is -1.62. The molecule has 2 aromatic rings. The van der Waals surface area contributed by atoms with Crippen molar-refractivity contribution in [3.63, 3.8) is 0 Å². The molecule has 0 atom stereocenters. The van der Waals surface area contributed by atoms with Crippen molar-refractivity contribution in [1.82, 2.24) is 9.19 Å². The molecule has 0 amide bonds. The summed E-state index contributed by atoms with van der Waals surface area (Å²) in [5, 5.41) is 4.13. The van der Waals surface area contributed by atoms with E-state index in [1.807, 2.05) is 20.8 Å². The van der Waals surface area contributed by atoms with Crippen LogP contribution < -0.4 is 0 Å². The van der Waals surface area contributed by atoms with Crippen molar-refractivity contribution in [1.29, 1.82) is 0 Å². The highest BCUT2D eigenvalue weighted by atomic mass is 32.2. The van der Waals surface area contributed by atoms with E-state index in [1.54, 1.807) is 30.5 Å². The molecule has 0 saturated heterocycles. The SMILES string of the molecule is CCc1nn(S(=O)(=O)c2ccc(C)cc2)cc1C. The van der Waals surface area contributed by atoms with Crippen LogP contribution in [0.2, 0.25) is 0 Å². The summed E-state index contributed by atoms with van der Waals surface area (Å²) >= 11 is 0. The third-order valence-corrected chi connectivity index (χ3v) is 4.43. The Bertz CT molecular complexity index is 655. The maximum absolute atomic E-state index is 12.3. The summed E-state index contributed by atoms with van der Waals surface area (Å²) < 4.78 is 25.7. The van der Waals surface area contributed by atoms with E-state index in [4.69, 9.17) is 0 Å². The number of rotatable bonds is 3. The Morgan fingerprint density at radius 3 is 2.28 bits per heavy atom. The van der Waals surface area contributed by atoms with Crippen LogP contribution in [0, 0.1) is 13.8 Å². The molecule has 0 aliphatic heterocycles. The third kappa shape index (κ3) is 2.18. The Kier molecular flexibility index (Phi) is 3.26. The zero-order chi connectivity index (χ0) is 13.3. The highest BCUT2D eigenvalue weighted by Crippen LogP contribution is 2.16. The minimum Gasteiger partial charge on any atom is -0.199 e. The largest absolute Gasteiger partial charge is 0.282 e. The number of hydrogen-bond donors (Lipinski definition) is 0. The first-order valence-corrected chi connectivity index (χ1v) is 7.26. The van der Waals surface area contributed by atoms with Crippen LogP contribution in [-0.4, -0.2) is 17.6 Å². The molecule has 0 spiro atoms. The molecule has 0 radical (unpaired) electrons. The van der Waals surface area contributed by atoms with Gasteiger partial charge >= 0.3 is 0 Å². The van der Waals surface area contributed by atoms with Gasteiger partial charge in [0.1, 0.15) is 0 Å². The van der Waals surface area contributed by atoms with Crippen molar-refractivity contribution in [2.24, 2.45) is 0 Å². The summed E-state index contributed by atoms with van der Waals surface area (Å²) in [6, 6.07) is 6.77. The smallest absolute Gasteiger partial charge is 0.199 e. The molecule has 0 saturated carbocycles. The van der Waals surface area contributed by atoms with Crippen LogP contribution in [0.25, 0.3) is 0 Å². The number of aromatic nitrogens is 2. The zero-order valence-corrected chi connectivity index (χ0v) is 11.5. The van der Waals surface area contributed by atoms with E-state index in [0.29, 0.717) is 0 Å². The first-order valence-electron chi connectivity index (χ1n) is 5.82. The van der Waals surface area contributed by atoms with E-state index < -0.39 is 10.0 Å². The Balaban J connectivity index is 2.50. The minimum absolute atomic E-state index is 0.262. The number of aryl methyl sites for hydroxylation is 3. The van der Waals surface area contributed by atoms with Gasteiger partial charge in [0.25, 0.3) is 10.0 Å². The first-order chi connectivity index (χ1) is 8.45. The van der Waals surface area contributed by atoms with Crippen molar-refractivity contribution in [2.75, 3.05) is 0 Å². The second kappa shape index (κ2) is 4.57. The second-order valence-corrected chi connectivity index (χ2v) is 6.10. The van der Waals surface area contributed by atoms with Crippen LogP contribution in [0.5, 0.6) is 0 Å².